The van der Waals surface area contributed by atoms with E-state index in [1.807, 2.05) is 25.1 Å². The molecule has 2 nitrogen and oxygen atoms in total. The Balaban J connectivity index is 2.31. The molecule has 0 N–H and O–H groups in total. The van der Waals surface area contributed by atoms with Gasteiger partial charge in [0.15, 0.2) is 5.82 Å². The van der Waals surface area contributed by atoms with Crippen molar-refractivity contribution in [2.24, 2.45) is 0 Å². The molecule has 3 aromatic rings. The molecule has 106 valence electrons. The molecule has 0 bridgehead atoms. The number of aromatic nitrogens is 2. The van der Waals surface area contributed by atoms with Crippen molar-refractivity contribution in [1.29, 1.82) is 0 Å². The molecular formula is C15H8BrCl3N2. The van der Waals surface area contributed by atoms with Gasteiger partial charge in [-0.15, -0.1) is 0 Å². The molecule has 0 spiro atoms. The minimum atomic E-state index is 0.383. The Labute approximate surface area is 145 Å². The average Bonchev–Trinajstić information content (AvgIpc) is 2.43. The van der Waals surface area contributed by atoms with E-state index in [-0.39, 0.29) is 0 Å². The summed E-state index contributed by atoms with van der Waals surface area (Å²) in [6, 6.07) is 9.14. The number of aryl methyl sites for hydroxylation is 1. The summed E-state index contributed by atoms with van der Waals surface area (Å²) in [5.74, 6) is 0.482. The Hall–Kier alpha value is -0.870. The van der Waals surface area contributed by atoms with Gasteiger partial charge in [0, 0.05) is 20.4 Å². The maximum atomic E-state index is 6.27. The monoisotopic (exact) mass is 400 g/mol. The number of fused-ring (bicyclic) bond motifs is 1. The van der Waals surface area contributed by atoms with E-state index >= 15 is 0 Å². The predicted molar refractivity (Wildman–Crippen MR) is 92.4 cm³/mol. The highest BCUT2D eigenvalue weighted by atomic mass is 79.9. The van der Waals surface area contributed by atoms with E-state index in [4.69, 9.17) is 34.8 Å². The molecule has 0 unspecified atom stereocenters. The van der Waals surface area contributed by atoms with E-state index in [0.29, 0.717) is 21.0 Å². The Kier molecular flexibility index (Phi) is 4.10. The molecule has 0 saturated carbocycles. The number of nitrogens with zero attached hydrogens (tertiary/aromatic N) is 2. The second-order valence-electron chi connectivity index (χ2n) is 4.53. The highest BCUT2D eigenvalue weighted by Crippen LogP contribution is 2.33. The molecule has 0 aliphatic heterocycles. The Bertz CT molecular complexity index is 865. The lowest BCUT2D eigenvalue weighted by Crippen LogP contribution is -1.95. The number of hydrogen-bond acceptors (Lipinski definition) is 2. The lowest BCUT2D eigenvalue weighted by molar-refractivity contribution is 1.22. The third kappa shape index (κ3) is 2.76. The zero-order valence-corrected chi connectivity index (χ0v) is 14.6. The molecule has 6 heteroatoms. The summed E-state index contributed by atoms with van der Waals surface area (Å²) in [6.07, 6.45) is 0. The smallest absolute Gasteiger partial charge is 0.163 e. The summed E-state index contributed by atoms with van der Waals surface area (Å²) in [5, 5.41) is 2.36. The summed E-state index contributed by atoms with van der Waals surface area (Å²) in [6.45, 7) is 1.90. The zero-order valence-electron chi connectivity index (χ0n) is 10.8. The second-order valence-corrected chi connectivity index (χ2v) is 6.62. The maximum absolute atomic E-state index is 6.27. The Morgan fingerprint density at radius 1 is 0.952 bits per heavy atom. The van der Waals surface area contributed by atoms with Gasteiger partial charge in [0.05, 0.1) is 10.5 Å². The van der Waals surface area contributed by atoms with Crippen molar-refractivity contribution in [3.05, 3.63) is 55.6 Å². The minimum Gasteiger partial charge on any atom is -0.228 e. The van der Waals surface area contributed by atoms with Crippen molar-refractivity contribution in [2.75, 3.05) is 0 Å². The average molecular weight is 403 g/mol. The summed E-state index contributed by atoms with van der Waals surface area (Å²) in [4.78, 5) is 8.92. The van der Waals surface area contributed by atoms with Crippen molar-refractivity contribution in [1.82, 2.24) is 9.97 Å². The SMILES string of the molecule is Cc1c(Cl)ccc2c(Cl)nc(-c3ccc(Br)cc3Cl)nc12. The van der Waals surface area contributed by atoms with Crippen LogP contribution in [0.3, 0.4) is 0 Å². The van der Waals surface area contributed by atoms with Crippen LogP contribution >= 0.6 is 50.7 Å². The van der Waals surface area contributed by atoms with Crippen LogP contribution in [0.1, 0.15) is 5.56 Å². The normalized spacial score (nSPS) is 11.1. The van der Waals surface area contributed by atoms with Gasteiger partial charge in [-0.05, 0) is 42.8 Å². The molecule has 0 aliphatic rings. The summed E-state index contributed by atoms with van der Waals surface area (Å²) in [5.41, 5.74) is 2.33. The summed E-state index contributed by atoms with van der Waals surface area (Å²) < 4.78 is 0.891. The first-order chi connectivity index (χ1) is 9.97. The summed E-state index contributed by atoms with van der Waals surface area (Å²) >= 11 is 22.1. The second kappa shape index (κ2) is 5.73. The van der Waals surface area contributed by atoms with E-state index in [2.05, 4.69) is 25.9 Å². The molecule has 0 saturated heterocycles. The fraction of sp³-hybridized carbons (Fsp3) is 0.0667. The van der Waals surface area contributed by atoms with Crippen molar-refractivity contribution in [3.8, 4) is 11.4 Å². The van der Waals surface area contributed by atoms with Crippen LogP contribution in [0.15, 0.2) is 34.8 Å². The van der Waals surface area contributed by atoms with Gasteiger partial charge in [-0.25, -0.2) is 9.97 Å². The third-order valence-electron chi connectivity index (χ3n) is 3.18. The van der Waals surface area contributed by atoms with Crippen molar-refractivity contribution < 1.29 is 0 Å². The Morgan fingerprint density at radius 3 is 2.43 bits per heavy atom. The molecule has 0 radical (unpaired) electrons. The van der Waals surface area contributed by atoms with Gasteiger partial charge in [0.2, 0.25) is 0 Å². The number of hydrogen-bond donors (Lipinski definition) is 0. The molecular weight excluding hydrogens is 394 g/mol. The van der Waals surface area contributed by atoms with Crippen LogP contribution in [0, 0.1) is 6.92 Å². The van der Waals surface area contributed by atoms with E-state index in [1.165, 1.54) is 0 Å². The van der Waals surface area contributed by atoms with Crippen LogP contribution in [0.4, 0.5) is 0 Å². The van der Waals surface area contributed by atoms with Gasteiger partial charge in [-0.1, -0.05) is 50.7 Å². The molecule has 0 fully saturated rings. The van der Waals surface area contributed by atoms with E-state index in [0.717, 1.165) is 26.5 Å². The first-order valence-electron chi connectivity index (χ1n) is 6.05. The maximum Gasteiger partial charge on any atom is 0.163 e. The molecule has 21 heavy (non-hydrogen) atoms. The first-order valence-corrected chi connectivity index (χ1v) is 7.98. The van der Waals surface area contributed by atoms with Gasteiger partial charge in [0.1, 0.15) is 5.15 Å². The highest BCUT2D eigenvalue weighted by molar-refractivity contribution is 9.10. The van der Waals surface area contributed by atoms with Crippen LogP contribution < -0.4 is 0 Å². The quantitative estimate of drug-likeness (QED) is 0.445. The fourth-order valence-corrected chi connectivity index (χ4v) is 3.20. The molecule has 0 aliphatic carbocycles. The van der Waals surface area contributed by atoms with Gasteiger partial charge >= 0.3 is 0 Å². The number of rotatable bonds is 1. The highest BCUT2D eigenvalue weighted by Gasteiger charge is 2.13. The van der Waals surface area contributed by atoms with E-state index in [9.17, 15) is 0 Å². The molecule has 0 atom stereocenters. The lowest BCUT2D eigenvalue weighted by Gasteiger charge is -2.09. The fourth-order valence-electron chi connectivity index (χ4n) is 2.06. The van der Waals surface area contributed by atoms with Crippen molar-refractivity contribution >= 4 is 61.6 Å². The predicted octanol–water partition coefficient (Wildman–Crippen LogP) is 6.33. The van der Waals surface area contributed by atoms with Crippen LogP contribution in [0.5, 0.6) is 0 Å². The van der Waals surface area contributed by atoms with E-state index < -0.39 is 0 Å². The zero-order chi connectivity index (χ0) is 15.1. The van der Waals surface area contributed by atoms with Gasteiger partial charge < -0.3 is 0 Å². The largest absolute Gasteiger partial charge is 0.228 e. The van der Waals surface area contributed by atoms with Gasteiger partial charge in [-0.2, -0.15) is 0 Å². The van der Waals surface area contributed by atoms with Gasteiger partial charge in [-0.3, -0.25) is 0 Å². The van der Waals surface area contributed by atoms with E-state index in [1.54, 1.807) is 12.1 Å². The molecule has 1 aromatic heterocycles. The molecule has 2 aromatic carbocycles. The standard InChI is InChI=1S/C15H8BrCl3N2/c1-7-11(17)5-4-10-13(7)20-15(21-14(10)19)9-3-2-8(16)6-12(9)18/h2-6H,1H3. The Morgan fingerprint density at radius 2 is 1.71 bits per heavy atom. The third-order valence-corrected chi connectivity index (χ3v) is 4.68. The molecule has 3 rings (SSSR count). The van der Waals surface area contributed by atoms with Crippen LogP contribution in [0.25, 0.3) is 22.3 Å². The van der Waals surface area contributed by atoms with Crippen LogP contribution in [-0.2, 0) is 0 Å². The minimum absolute atomic E-state index is 0.383. The van der Waals surface area contributed by atoms with Crippen LogP contribution in [0.2, 0.25) is 15.2 Å². The number of benzene rings is 2. The van der Waals surface area contributed by atoms with Crippen LogP contribution in [-0.4, -0.2) is 9.97 Å². The van der Waals surface area contributed by atoms with Gasteiger partial charge in [0.25, 0.3) is 0 Å². The van der Waals surface area contributed by atoms with Crippen molar-refractivity contribution in [2.45, 2.75) is 6.92 Å². The lowest BCUT2D eigenvalue weighted by atomic mass is 10.1. The van der Waals surface area contributed by atoms with Crippen molar-refractivity contribution in [3.63, 3.8) is 0 Å². The molecule has 1 heterocycles. The summed E-state index contributed by atoms with van der Waals surface area (Å²) in [7, 11) is 0. The first kappa shape index (κ1) is 15.0. The number of halogens is 4. The molecule has 0 amide bonds. The topological polar surface area (TPSA) is 25.8 Å².